The number of rotatable bonds is 1. The van der Waals surface area contributed by atoms with E-state index in [0.29, 0.717) is 4.74 Å². The molecule has 0 saturated heterocycles. The van der Waals surface area contributed by atoms with Crippen molar-refractivity contribution in [2.75, 3.05) is 7.11 Å². The molecule has 1 aromatic rings. The summed E-state index contributed by atoms with van der Waals surface area (Å²) in [5.74, 6) is 2.29. The molecule has 0 spiro atoms. The van der Waals surface area contributed by atoms with E-state index in [0.717, 1.165) is 6.21 Å². The number of fused-ring (bicyclic) bond motifs is 1. The third-order valence-corrected chi connectivity index (χ3v) is 2.39. The van der Waals surface area contributed by atoms with Gasteiger partial charge in [-0.3, -0.25) is 5.06 Å². The molecule has 0 radical (unpaired) electrons. The first kappa shape index (κ1) is 12.8. The number of hydroxylamine groups is 1. The van der Waals surface area contributed by atoms with Gasteiger partial charge in [-0.1, -0.05) is 12.1 Å². The topological polar surface area (TPSA) is 104 Å². The van der Waals surface area contributed by atoms with Gasteiger partial charge in [-0.25, -0.2) is 10.2 Å². The molecule has 1 heterocycles. The number of benzene rings is 1. The molecule has 0 saturated carbocycles. The lowest BCUT2D eigenvalue weighted by Gasteiger charge is -2.23. The SMILES string of the molecule is COC(=O)NN=C=C1C=[N+]([O-])c2ccccc2[NH+]1[O-]. The van der Waals surface area contributed by atoms with Crippen LogP contribution in [-0.4, -0.2) is 30.0 Å². The number of nitrogens with zero attached hydrogens (tertiary/aromatic N) is 2. The number of hydrazone groups is 1. The van der Waals surface area contributed by atoms with Crippen LogP contribution in [0.3, 0.4) is 0 Å². The second kappa shape index (κ2) is 5.32. The molecule has 0 bridgehead atoms. The van der Waals surface area contributed by atoms with Crippen molar-refractivity contribution in [1.82, 2.24) is 5.43 Å². The van der Waals surface area contributed by atoms with E-state index >= 15 is 0 Å². The fraction of sp³-hybridized carbons (Fsp3) is 0.0909. The standard InChI is InChI=1S/C11H10N4O4/c1-19-11(16)13-12-6-8-7-14(17)9-4-2-3-5-10(9)15(8)18/h2-5,7,15H,1H3,(H,13,16). The molecule has 0 aliphatic carbocycles. The first-order chi connectivity index (χ1) is 9.13. The highest BCUT2D eigenvalue weighted by Gasteiger charge is 2.26. The van der Waals surface area contributed by atoms with Crippen LogP contribution in [0.5, 0.6) is 0 Å². The van der Waals surface area contributed by atoms with Crippen molar-refractivity contribution in [1.29, 1.82) is 0 Å². The van der Waals surface area contributed by atoms with Crippen molar-refractivity contribution in [3.8, 4) is 0 Å². The summed E-state index contributed by atoms with van der Waals surface area (Å²) in [5.41, 5.74) is 2.45. The van der Waals surface area contributed by atoms with Crippen molar-refractivity contribution >= 4 is 29.6 Å². The van der Waals surface area contributed by atoms with Gasteiger partial charge in [0, 0.05) is 12.1 Å². The Morgan fingerprint density at radius 2 is 2.26 bits per heavy atom. The van der Waals surface area contributed by atoms with Gasteiger partial charge in [-0.2, -0.15) is 4.74 Å². The highest BCUT2D eigenvalue weighted by molar-refractivity contribution is 5.87. The van der Waals surface area contributed by atoms with Gasteiger partial charge in [0.15, 0.2) is 0 Å². The Balaban J connectivity index is 2.34. The lowest BCUT2D eigenvalue weighted by molar-refractivity contribution is -0.730. The largest absolute Gasteiger partial charge is 0.623 e. The van der Waals surface area contributed by atoms with Crippen LogP contribution in [-0.2, 0) is 4.74 Å². The van der Waals surface area contributed by atoms with E-state index in [-0.39, 0.29) is 17.1 Å². The highest BCUT2D eigenvalue weighted by Crippen LogP contribution is 2.21. The summed E-state index contributed by atoms with van der Waals surface area (Å²) in [6, 6.07) is 6.38. The molecular weight excluding hydrogens is 252 g/mol. The Labute approximate surface area is 108 Å². The molecule has 1 amide bonds. The Morgan fingerprint density at radius 3 is 3.00 bits per heavy atom. The second-order valence-electron chi connectivity index (χ2n) is 3.54. The Hall–Kier alpha value is -2.67. The summed E-state index contributed by atoms with van der Waals surface area (Å²) in [6.45, 7) is 0. The van der Waals surface area contributed by atoms with Crippen LogP contribution in [0.15, 0.2) is 35.1 Å². The lowest BCUT2D eigenvalue weighted by atomic mass is 10.2. The van der Waals surface area contributed by atoms with Crippen LogP contribution < -0.4 is 10.5 Å². The number of quaternary nitrogens is 1. The third-order valence-electron chi connectivity index (χ3n) is 2.39. The van der Waals surface area contributed by atoms with E-state index in [2.05, 4.69) is 15.7 Å². The smallest absolute Gasteiger partial charge is 0.428 e. The van der Waals surface area contributed by atoms with E-state index in [4.69, 9.17) is 0 Å². The van der Waals surface area contributed by atoms with Gasteiger partial charge in [0.05, 0.1) is 13.0 Å². The number of allylic oxidation sites excluding steroid dienone is 1. The minimum Gasteiger partial charge on any atom is -0.623 e. The predicted molar refractivity (Wildman–Crippen MR) is 66.3 cm³/mol. The lowest BCUT2D eigenvalue weighted by Crippen LogP contribution is -3.01. The number of ether oxygens (including phenoxy) is 1. The molecule has 1 atom stereocenters. The van der Waals surface area contributed by atoms with Gasteiger partial charge >= 0.3 is 6.09 Å². The van der Waals surface area contributed by atoms with Crippen molar-refractivity contribution in [2.45, 2.75) is 0 Å². The quantitative estimate of drug-likeness (QED) is 0.315. The molecule has 1 aliphatic rings. The first-order valence-electron chi connectivity index (χ1n) is 5.25. The average molecular weight is 262 g/mol. The maximum absolute atomic E-state index is 12.0. The molecule has 8 nitrogen and oxygen atoms in total. The summed E-state index contributed by atoms with van der Waals surface area (Å²) >= 11 is 0. The van der Waals surface area contributed by atoms with E-state index in [9.17, 15) is 15.2 Å². The van der Waals surface area contributed by atoms with Crippen LogP contribution in [0.4, 0.5) is 16.2 Å². The first-order valence-corrected chi connectivity index (χ1v) is 5.25. The fourth-order valence-corrected chi connectivity index (χ4v) is 1.51. The predicted octanol–water partition coefficient (Wildman–Crippen LogP) is -0.248. The van der Waals surface area contributed by atoms with E-state index in [1.165, 1.54) is 19.2 Å². The van der Waals surface area contributed by atoms with Crippen molar-refractivity contribution in [3.63, 3.8) is 0 Å². The number of methoxy groups -OCH3 is 1. The molecule has 8 heteroatoms. The summed E-state index contributed by atoms with van der Waals surface area (Å²) < 4.78 is 4.83. The molecular formula is C11H10N4O4. The van der Waals surface area contributed by atoms with Crippen LogP contribution in [0.25, 0.3) is 0 Å². The maximum atomic E-state index is 12.0. The molecule has 98 valence electrons. The number of hydrogen-bond acceptors (Lipinski definition) is 5. The summed E-state index contributed by atoms with van der Waals surface area (Å²) in [7, 11) is 1.17. The Kier molecular flexibility index (Phi) is 3.58. The maximum Gasteiger partial charge on any atom is 0.428 e. The van der Waals surface area contributed by atoms with Crippen LogP contribution in [0.1, 0.15) is 0 Å². The van der Waals surface area contributed by atoms with E-state index in [1.807, 2.05) is 5.43 Å². The summed E-state index contributed by atoms with van der Waals surface area (Å²) in [4.78, 5) is 10.8. The number of nitrogens with one attached hydrogen (secondary N) is 2. The zero-order valence-corrected chi connectivity index (χ0v) is 9.91. The molecule has 2 N–H and O–H groups in total. The third kappa shape index (κ3) is 2.61. The molecule has 1 unspecified atom stereocenters. The minimum atomic E-state index is -0.796. The number of para-hydroxylation sites is 2. The Bertz CT molecular complexity index is 604. The monoisotopic (exact) mass is 262 g/mol. The van der Waals surface area contributed by atoms with Crippen molar-refractivity contribution in [2.24, 2.45) is 5.10 Å². The van der Waals surface area contributed by atoms with Crippen LogP contribution in [0, 0.1) is 10.4 Å². The second-order valence-corrected chi connectivity index (χ2v) is 3.54. The van der Waals surface area contributed by atoms with Gasteiger partial charge in [0.2, 0.25) is 5.69 Å². The van der Waals surface area contributed by atoms with Crippen LogP contribution >= 0.6 is 0 Å². The van der Waals surface area contributed by atoms with E-state index < -0.39 is 11.2 Å². The van der Waals surface area contributed by atoms with Gasteiger partial charge in [-0.15, -0.1) is 5.10 Å². The fourth-order valence-electron chi connectivity index (χ4n) is 1.51. The van der Waals surface area contributed by atoms with Crippen molar-refractivity contribution in [3.05, 3.63) is 40.4 Å². The molecule has 0 fully saturated rings. The summed E-state index contributed by atoms with van der Waals surface area (Å²) in [5, 5.41) is 26.7. The van der Waals surface area contributed by atoms with Gasteiger partial charge in [-0.05, 0) is 0 Å². The normalized spacial score (nSPS) is 16.8. The molecule has 1 aliphatic heterocycles. The molecule has 19 heavy (non-hydrogen) atoms. The highest BCUT2D eigenvalue weighted by atomic mass is 16.5. The number of hydrogen-bond donors (Lipinski definition) is 2. The van der Waals surface area contributed by atoms with Gasteiger partial charge in [0.1, 0.15) is 0 Å². The summed E-state index contributed by atoms with van der Waals surface area (Å²) in [6.07, 6.45) is 0.253. The average Bonchev–Trinajstić information content (AvgIpc) is 2.44. The molecule has 1 aromatic carbocycles. The van der Waals surface area contributed by atoms with E-state index in [1.54, 1.807) is 12.1 Å². The zero-order valence-electron chi connectivity index (χ0n) is 9.91. The number of carbonyl (C=O) groups excluding carboxylic acids is 1. The van der Waals surface area contributed by atoms with Crippen molar-refractivity contribution < 1.29 is 19.3 Å². The number of carbonyl (C=O) groups is 1. The van der Waals surface area contributed by atoms with Gasteiger partial charge in [0.25, 0.3) is 17.6 Å². The molecule has 2 rings (SSSR count). The minimum absolute atomic E-state index is 0.0508. The Morgan fingerprint density at radius 1 is 1.53 bits per heavy atom. The zero-order chi connectivity index (χ0) is 13.8. The van der Waals surface area contributed by atoms with Gasteiger partial charge < -0.3 is 15.2 Å². The number of amides is 1. The van der Waals surface area contributed by atoms with Crippen LogP contribution in [0.2, 0.25) is 0 Å². The molecule has 0 aromatic heterocycles.